The molecule has 2 aromatic rings. The molecule has 5 heteroatoms. The second kappa shape index (κ2) is 4.08. The quantitative estimate of drug-likeness (QED) is 0.765. The number of amides is 1. The standard InChI is InChI=1S/C13H16N4O/c1-9-10(2)17-12(14-9)6-5-11(15-17)13(18)16-7-3-4-8-16/h5-6H,3-4,7-8H2,1-2H3. The molecule has 3 rings (SSSR count). The number of imidazole rings is 1. The van der Waals surface area contributed by atoms with E-state index in [0.29, 0.717) is 5.69 Å². The fourth-order valence-electron chi connectivity index (χ4n) is 2.35. The topological polar surface area (TPSA) is 50.5 Å². The van der Waals surface area contributed by atoms with Crippen LogP contribution in [0, 0.1) is 13.8 Å². The molecular weight excluding hydrogens is 228 g/mol. The van der Waals surface area contributed by atoms with Crippen molar-refractivity contribution in [3.8, 4) is 0 Å². The predicted octanol–water partition coefficient (Wildman–Crippen LogP) is 1.58. The van der Waals surface area contributed by atoms with Gasteiger partial charge in [0, 0.05) is 13.1 Å². The second-order valence-electron chi connectivity index (χ2n) is 4.77. The van der Waals surface area contributed by atoms with Crippen molar-refractivity contribution in [2.45, 2.75) is 26.7 Å². The zero-order valence-corrected chi connectivity index (χ0v) is 10.7. The summed E-state index contributed by atoms with van der Waals surface area (Å²) in [4.78, 5) is 18.5. The molecule has 0 aliphatic carbocycles. The molecular formula is C13H16N4O. The summed E-state index contributed by atoms with van der Waals surface area (Å²) in [5.41, 5.74) is 3.24. The minimum atomic E-state index is 0.0279. The highest BCUT2D eigenvalue weighted by molar-refractivity contribution is 5.92. The number of aromatic nitrogens is 3. The van der Waals surface area contributed by atoms with Gasteiger partial charge in [-0.2, -0.15) is 5.10 Å². The number of aryl methyl sites for hydroxylation is 2. The van der Waals surface area contributed by atoms with E-state index in [1.54, 1.807) is 10.6 Å². The average Bonchev–Trinajstić information content (AvgIpc) is 2.99. The van der Waals surface area contributed by atoms with E-state index in [1.807, 2.05) is 24.8 Å². The molecule has 0 saturated carbocycles. The van der Waals surface area contributed by atoms with Crippen LogP contribution in [-0.4, -0.2) is 38.5 Å². The molecule has 3 heterocycles. The number of likely N-dealkylation sites (tertiary alicyclic amines) is 1. The Kier molecular flexibility index (Phi) is 2.54. The molecule has 1 aliphatic rings. The summed E-state index contributed by atoms with van der Waals surface area (Å²) in [7, 11) is 0. The molecule has 0 spiro atoms. The monoisotopic (exact) mass is 244 g/mol. The lowest BCUT2D eigenvalue weighted by molar-refractivity contribution is 0.0785. The van der Waals surface area contributed by atoms with Crippen LogP contribution in [0.4, 0.5) is 0 Å². The maximum absolute atomic E-state index is 12.2. The van der Waals surface area contributed by atoms with E-state index in [4.69, 9.17) is 0 Å². The van der Waals surface area contributed by atoms with Crippen molar-refractivity contribution in [3.05, 3.63) is 29.2 Å². The lowest BCUT2D eigenvalue weighted by Crippen LogP contribution is -2.28. The normalized spacial score (nSPS) is 15.6. The molecule has 1 saturated heterocycles. The van der Waals surface area contributed by atoms with Gasteiger partial charge in [0.05, 0.1) is 11.4 Å². The van der Waals surface area contributed by atoms with E-state index in [0.717, 1.165) is 43.0 Å². The Morgan fingerprint density at radius 2 is 1.94 bits per heavy atom. The first kappa shape index (κ1) is 11.2. The van der Waals surface area contributed by atoms with Gasteiger partial charge in [0.25, 0.3) is 5.91 Å². The summed E-state index contributed by atoms with van der Waals surface area (Å²) < 4.78 is 1.75. The van der Waals surface area contributed by atoms with Crippen molar-refractivity contribution in [1.82, 2.24) is 19.5 Å². The Hall–Kier alpha value is -1.91. The zero-order chi connectivity index (χ0) is 12.7. The molecule has 2 aromatic heterocycles. The van der Waals surface area contributed by atoms with E-state index in [9.17, 15) is 4.79 Å². The minimum Gasteiger partial charge on any atom is -0.337 e. The van der Waals surface area contributed by atoms with E-state index >= 15 is 0 Å². The minimum absolute atomic E-state index is 0.0279. The predicted molar refractivity (Wildman–Crippen MR) is 67.6 cm³/mol. The summed E-state index contributed by atoms with van der Waals surface area (Å²) in [6, 6.07) is 3.62. The number of hydrogen-bond acceptors (Lipinski definition) is 3. The number of nitrogens with zero attached hydrogens (tertiary/aromatic N) is 4. The highest BCUT2D eigenvalue weighted by Gasteiger charge is 2.21. The van der Waals surface area contributed by atoms with Gasteiger partial charge in [-0.25, -0.2) is 9.50 Å². The molecule has 0 aromatic carbocycles. The lowest BCUT2D eigenvalue weighted by Gasteiger charge is -2.14. The Balaban J connectivity index is 2.02. The smallest absolute Gasteiger partial charge is 0.274 e. The molecule has 1 amide bonds. The molecule has 5 nitrogen and oxygen atoms in total. The molecule has 0 bridgehead atoms. The molecule has 1 fully saturated rings. The van der Waals surface area contributed by atoms with Crippen LogP contribution in [0.5, 0.6) is 0 Å². The van der Waals surface area contributed by atoms with E-state index in [1.165, 1.54) is 0 Å². The fraction of sp³-hybridized carbons (Fsp3) is 0.462. The van der Waals surface area contributed by atoms with Gasteiger partial charge in [0.1, 0.15) is 5.69 Å². The van der Waals surface area contributed by atoms with Crippen molar-refractivity contribution in [3.63, 3.8) is 0 Å². The number of hydrogen-bond donors (Lipinski definition) is 0. The first-order valence-corrected chi connectivity index (χ1v) is 6.29. The van der Waals surface area contributed by atoms with Gasteiger partial charge in [0.15, 0.2) is 5.65 Å². The first-order valence-electron chi connectivity index (χ1n) is 6.29. The van der Waals surface area contributed by atoms with Gasteiger partial charge < -0.3 is 4.90 Å². The Bertz CT molecular complexity index is 611. The van der Waals surface area contributed by atoms with Crippen LogP contribution in [0.15, 0.2) is 12.1 Å². The van der Waals surface area contributed by atoms with Gasteiger partial charge in [-0.15, -0.1) is 0 Å². The lowest BCUT2D eigenvalue weighted by atomic mass is 10.3. The number of fused-ring (bicyclic) bond motifs is 1. The SMILES string of the molecule is Cc1nc2ccc(C(=O)N3CCCC3)nn2c1C. The van der Waals surface area contributed by atoms with Gasteiger partial charge in [0.2, 0.25) is 0 Å². The van der Waals surface area contributed by atoms with Crippen LogP contribution < -0.4 is 0 Å². The summed E-state index contributed by atoms with van der Waals surface area (Å²) in [5.74, 6) is 0.0279. The largest absolute Gasteiger partial charge is 0.337 e. The van der Waals surface area contributed by atoms with Gasteiger partial charge in [-0.1, -0.05) is 0 Å². The van der Waals surface area contributed by atoms with E-state index < -0.39 is 0 Å². The third-order valence-corrected chi connectivity index (χ3v) is 3.55. The zero-order valence-electron chi connectivity index (χ0n) is 10.7. The summed E-state index contributed by atoms with van der Waals surface area (Å²) >= 11 is 0. The second-order valence-corrected chi connectivity index (χ2v) is 4.77. The number of carbonyl (C=O) groups is 1. The van der Waals surface area contributed by atoms with Crippen molar-refractivity contribution < 1.29 is 4.79 Å². The maximum atomic E-state index is 12.2. The Morgan fingerprint density at radius 1 is 1.22 bits per heavy atom. The first-order chi connectivity index (χ1) is 8.66. The van der Waals surface area contributed by atoms with Crippen LogP contribution in [-0.2, 0) is 0 Å². The fourth-order valence-corrected chi connectivity index (χ4v) is 2.35. The van der Waals surface area contributed by atoms with Crippen molar-refractivity contribution in [2.75, 3.05) is 13.1 Å². The van der Waals surface area contributed by atoms with Crippen LogP contribution in [0.3, 0.4) is 0 Å². The molecule has 0 atom stereocenters. The van der Waals surface area contributed by atoms with Crippen LogP contribution >= 0.6 is 0 Å². The molecule has 1 aliphatic heterocycles. The third-order valence-electron chi connectivity index (χ3n) is 3.55. The molecule has 0 radical (unpaired) electrons. The molecule has 94 valence electrons. The summed E-state index contributed by atoms with van der Waals surface area (Å²) in [6.07, 6.45) is 2.19. The van der Waals surface area contributed by atoms with E-state index in [-0.39, 0.29) is 5.91 Å². The molecule has 0 unspecified atom stereocenters. The highest BCUT2D eigenvalue weighted by atomic mass is 16.2. The molecule has 18 heavy (non-hydrogen) atoms. The van der Waals surface area contributed by atoms with Crippen molar-refractivity contribution in [2.24, 2.45) is 0 Å². The molecule has 0 N–H and O–H groups in total. The van der Waals surface area contributed by atoms with Crippen LogP contribution in [0.2, 0.25) is 0 Å². The number of rotatable bonds is 1. The number of carbonyl (C=O) groups excluding carboxylic acids is 1. The van der Waals surface area contributed by atoms with Gasteiger partial charge in [-0.3, -0.25) is 4.79 Å². The summed E-state index contributed by atoms with van der Waals surface area (Å²) in [5, 5.41) is 4.40. The van der Waals surface area contributed by atoms with Crippen LogP contribution in [0.25, 0.3) is 5.65 Å². The van der Waals surface area contributed by atoms with Gasteiger partial charge in [-0.05, 0) is 38.8 Å². The Labute approximate surface area is 105 Å². The highest BCUT2D eigenvalue weighted by Crippen LogP contribution is 2.14. The van der Waals surface area contributed by atoms with E-state index in [2.05, 4.69) is 10.1 Å². The van der Waals surface area contributed by atoms with Crippen LogP contribution in [0.1, 0.15) is 34.7 Å². The summed E-state index contributed by atoms with van der Waals surface area (Å²) in [6.45, 7) is 5.61. The third kappa shape index (κ3) is 1.66. The Morgan fingerprint density at radius 3 is 2.67 bits per heavy atom. The van der Waals surface area contributed by atoms with Crippen molar-refractivity contribution >= 4 is 11.6 Å². The van der Waals surface area contributed by atoms with Crippen molar-refractivity contribution in [1.29, 1.82) is 0 Å². The maximum Gasteiger partial charge on any atom is 0.274 e. The van der Waals surface area contributed by atoms with Gasteiger partial charge >= 0.3 is 0 Å². The average molecular weight is 244 g/mol.